The number of hydrogen-bond acceptors (Lipinski definition) is 9. The van der Waals surface area contributed by atoms with Gasteiger partial charge in [0.1, 0.15) is 6.61 Å². The maximum atomic E-state index is 12.0. The normalized spacial score (nSPS) is 17.4. The molecule has 2 aliphatic rings. The Balaban J connectivity index is 1.61. The van der Waals surface area contributed by atoms with Gasteiger partial charge in [0.05, 0.1) is 29.7 Å². The molecule has 192 valence electrons. The Morgan fingerprint density at radius 1 is 1.25 bits per heavy atom. The minimum Gasteiger partial charge on any atom is -0.548 e. The van der Waals surface area contributed by atoms with E-state index in [1.807, 2.05) is 24.3 Å². The molecule has 2 heterocycles. The van der Waals surface area contributed by atoms with Crippen molar-refractivity contribution in [3.05, 3.63) is 65.5 Å². The fourth-order valence-corrected chi connectivity index (χ4v) is 6.66. The number of carbonyl (C=O) groups is 1. The molecule has 0 aromatic heterocycles. The molecule has 12 heteroatoms. The topological polar surface area (TPSA) is 146 Å². The largest absolute Gasteiger partial charge is 0.548 e. The average Bonchev–Trinajstić information content (AvgIpc) is 3.20. The molecule has 3 N–H and O–H groups in total. The number of carboxylic acid groups (broad SMARTS) is 1. The third-order valence-electron chi connectivity index (χ3n) is 5.62. The molecule has 2 aliphatic heterocycles. The summed E-state index contributed by atoms with van der Waals surface area (Å²) in [6.45, 7) is 2.49. The van der Waals surface area contributed by atoms with Gasteiger partial charge in [0.15, 0.2) is 11.4 Å². The summed E-state index contributed by atoms with van der Waals surface area (Å²) < 4.78 is 36.8. The first-order valence-electron chi connectivity index (χ1n) is 11.5. The van der Waals surface area contributed by atoms with Gasteiger partial charge in [-0.25, -0.2) is 13.6 Å². The van der Waals surface area contributed by atoms with E-state index >= 15 is 0 Å². The summed E-state index contributed by atoms with van der Waals surface area (Å²) in [5.41, 5.74) is 6.51. The number of carbonyl (C=O) groups excluding carboxylic acids is 1. The van der Waals surface area contributed by atoms with Gasteiger partial charge in [-0.2, -0.15) is 4.31 Å². The Labute approximate surface area is 213 Å². The third-order valence-corrected chi connectivity index (χ3v) is 8.44. The van der Waals surface area contributed by atoms with E-state index in [-0.39, 0.29) is 4.90 Å². The van der Waals surface area contributed by atoms with Crippen molar-refractivity contribution < 1.29 is 27.9 Å². The Hall–Kier alpha value is -3.06. The molecule has 2 aromatic rings. The lowest BCUT2D eigenvalue weighted by molar-refractivity contribution is -0.310. The number of nitrogens with zero attached hydrogens (tertiary/aromatic N) is 2. The van der Waals surface area contributed by atoms with Gasteiger partial charge in [-0.15, -0.1) is 0 Å². The van der Waals surface area contributed by atoms with E-state index in [2.05, 4.69) is 16.7 Å². The van der Waals surface area contributed by atoms with Crippen molar-refractivity contribution in [2.24, 2.45) is 9.54 Å². The molecular weight excluding hydrogens is 504 g/mol. The number of hydrogen-bond donors (Lipinski definition) is 2. The quantitative estimate of drug-likeness (QED) is 0.326. The Kier molecular flexibility index (Phi) is 8.19. The number of sulfonamides is 1. The van der Waals surface area contributed by atoms with E-state index in [1.54, 1.807) is 18.2 Å². The lowest BCUT2D eigenvalue weighted by Gasteiger charge is -2.23. The number of aliphatic carboxylic acids is 1. The van der Waals surface area contributed by atoms with Crippen LogP contribution in [0.15, 0.2) is 69.2 Å². The monoisotopic (exact) mass is 532 g/mol. The predicted octanol–water partition coefficient (Wildman–Crippen LogP) is 1.37. The van der Waals surface area contributed by atoms with E-state index < -0.39 is 33.9 Å². The van der Waals surface area contributed by atoms with Crippen molar-refractivity contribution in [3.63, 3.8) is 0 Å². The molecular formula is C24H28N4O6S2. The second-order valence-corrected chi connectivity index (χ2v) is 11.5. The highest BCUT2D eigenvalue weighted by Gasteiger charge is 2.45. The van der Waals surface area contributed by atoms with Crippen LogP contribution in [-0.2, 0) is 42.2 Å². The van der Waals surface area contributed by atoms with Crippen LogP contribution in [-0.4, -0.2) is 43.6 Å². The van der Waals surface area contributed by atoms with Gasteiger partial charge < -0.3 is 14.6 Å². The van der Waals surface area contributed by atoms with Gasteiger partial charge in [-0.05, 0) is 23.6 Å². The van der Waals surface area contributed by atoms with Crippen LogP contribution < -0.4 is 15.7 Å². The summed E-state index contributed by atoms with van der Waals surface area (Å²) in [5, 5.41) is 16.2. The summed E-state index contributed by atoms with van der Waals surface area (Å²) in [7, 11) is -3.86. The van der Waals surface area contributed by atoms with Crippen LogP contribution in [0.3, 0.4) is 0 Å². The number of nitrogens with two attached hydrogens (primary N) is 1. The van der Waals surface area contributed by atoms with Crippen molar-refractivity contribution in [1.82, 2.24) is 9.79 Å². The molecule has 36 heavy (non-hydrogen) atoms. The van der Waals surface area contributed by atoms with Crippen LogP contribution in [0.4, 0.5) is 0 Å². The Morgan fingerprint density at radius 3 is 2.69 bits per heavy atom. The molecule has 0 amide bonds. The molecule has 0 fully saturated rings. The maximum absolute atomic E-state index is 12.0. The van der Waals surface area contributed by atoms with Gasteiger partial charge in [-0.1, -0.05) is 55.8 Å². The van der Waals surface area contributed by atoms with Gasteiger partial charge in [-0.3, -0.25) is 10.3 Å². The number of carboxylic acids is 1. The van der Waals surface area contributed by atoms with Gasteiger partial charge in [0.2, 0.25) is 10.0 Å². The molecule has 0 radical (unpaired) electrons. The maximum Gasteiger partial charge on any atom is 0.295 e. The van der Waals surface area contributed by atoms with Crippen LogP contribution >= 0.6 is 0 Å². The average molecular weight is 533 g/mol. The van der Waals surface area contributed by atoms with Crippen molar-refractivity contribution in [1.29, 1.82) is 0 Å². The van der Waals surface area contributed by atoms with Crippen LogP contribution in [0.2, 0.25) is 0 Å². The number of hydroxylamine groups is 1. The molecule has 1 unspecified atom stereocenters. The number of ether oxygens (including phenoxy) is 1. The lowest BCUT2D eigenvalue weighted by Crippen LogP contribution is -2.36. The zero-order chi connectivity index (χ0) is 25.7. The van der Waals surface area contributed by atoms with Crippen molar-refractivity contribution in [3.8, 4) is 11.1 Å². The second-order valence-electron chi connectivity index (χ2n) is 8.26. The Morgan fingerprint density at radius 2 is 2.00 bits per heavy atom. The van der Waals surface area contributed by atoms with E-state index in [1.165, 1.54) is 6.07 Å². The Bertz CT molecular complexity index is 1280. The molecule has 10 nitrogen and oxygen atoms in total. The SMILES string of the molecule is CCCC[S+]1N=C2OCCC(NOCC(=O)[O-])=C2N1Cc1ccc(-c2ccccc2S(N)(=O)=O)cc1. The lowest BCUT2D eigenvalue weighted by atomic mass is 10.0. The fraction of sp³-hybridized carbons (Fsp3) is 0.333. The van der Waals surface area contributed by atoms with Gasteiger partial charge in [0.25, 0.3) is 17.2 Å². The number of fused-ring (bicyclic) bond motifs is 1. The van der Waals surface area contributed by atoms with Crippen LogP contribution in [0, 0.1) is 0 Å². The second kappa shape index (κ2) is 11.3. The van der Waals surface area contributed by atoms with Gasteiger partial charge >= 0.3 is 0 Å². The molecule has 0 saturated carbocycles. The third kappa shape index (κ3) is 6.01. The van der Waals surface area contributed by atoms with Gasteiger partial charge in [0, 0.05) is 16.4 Å². The highest BCUT2D eigenvalue weighted by atomic mass is 32.2. The molecule has 0 spiro atoms. The van der Waals surface area contributed by atoms with Crippen molar-refractivity contribution in [2.75, 3.05) is 19.0 Å². The number of rotatable bonds is 11. The first-order chi connectivity index (χ1) is 17.3. The molecule has 0 saturated heterocycles. The van der Waals surface area contributed by atoms with Crippen LogP contribution in [0.25, 0.3) is 11.1 Å². The minimum atomic E-state index is -3.86. The molecule has 2 aromatic carbocycles. The number of primary sulfonamides is 1. The first kappa shape index (κ1) is 26.0. The van der Waals surface area contributed by atoms with E-state index in [9.17, 15) is 18.3 Å². The number of unbranched alkanes of at least 4 members (excludes halogenated alkanes) is 1. The zero-order valence-electron chi connectivity index (χ0n) is 19.8. The molecule has 1 atom stereocenters. The summed E-state index contributed by atoms with van der Waals surface area (Å²) in [6, 6.07) is 14.3. The standard InChI is InChI=1S/C24H28N4O6S2/c1-2-3-14-35-27-24-23(20(12-13-33-24)26-34-16-22(29)30)28(35)15-17-8-10-18(11-9-17)19-6-4-5-7-21(19)36(25,31)32/h4-11H,2-3,12-16H2,1H3,(H3-,25,26,27,29,30,31,32). The van der Waals surface area contributed by atoms with Crippen molar-refractivity contribution >= 4 is 33.2 Å². The zero-order valence-corrected chi connectivity index (χ0v) is 21.4. The summed E-state index contributed by atoms with van der Waals surface area (Å²) in [6.07, 6.45) is 2.54. The van der Waals surface area contributed by atoms with E-state index in [0.29, 0.717) is 36.7 Å². The fourth-order valence-electron chi connectivity index (χ4n) is 3.92. The predicted molar refractivity (Wildman–Crippen MR) is 135 cm³/mol. The van der Waals surface area contributed by atoms with E-state index in [4.69, 9.17) is 19.1 Å². The van der Waals surface area contributed by atoms with E-state index in [0.717, 1.165) is 35.4 Å². The summed E-state index contributed by atoms with van der Waals surface area (Å²) in [4.78, 5) is 15.9. The number of benzene rings is 2. The molecule has 4 rings (SSSR count). The minimum absolute atomic E-state index is 0.0771. The molecule has 0 bridgehead atoms. The summed E-state index contributed by atoms with van der Waals surface area (Å²) in [5.74, 6) is 0.0721. The number of nitrogens with one attached hydrogen (secondary N) is 1. The smallest absolute Gasteiger partial charge is 0.295 e. The van der Waals surface area contributed by atoms with Crippen LogP contribution in [0.5, 0.6) is 0 Å². The first-order valence-corrected chi connectivity index (χ1v) is 14.4. The highest BCUT2D eigenvalue weighted by Crippen LogP contribution is 2.34. The van der Waals surface area contributed by atoms with Crippen molar-refractivity contribution in [2.45, 2.75) is 37.6 Å². The molecule has 0 aliphatic carbocycles. The summed E-state index contributed by atoms with van der Waals surface area (Å²) >= 11 is -0.459. The highest BCUT2D eigenvalue weighted by molar-refractivity contribution is 7.94. The van der Waals surface area contributed by atoms with Crippen LogP contribution in [0.1, 0.15) is 31.7 Å².